The van der Waals surface area contributed by atoms with Crippen LogP contribution < -0.4 is 5.32 Å². The molecule has 0 saturated carbocycles. The largest absolute Gasteiger partial charge is 0.379 e. The van der Waals surface area contributed by atoms with Crippen LogP contribution in [-0.2, 0) is 0 Å². The van der Waals surface area contributed by atoms with Crippen molar-refractivity contribution in [3.8, 4) is 0 Å². The molecule has 0 amide bonds. The average molecular weight is 187 g/mol. The van der Waals surface area contributed by atoms with Crippen LogP contribution in [0.4, 0.5) is 18.9 Å². The molecule has 0 spiro atoms. The van der Waals surface area contributed by atoms with E-state index in [2.05, 4.69) is 11.9 Å². The maximum atomic E-state index is 12.9. The number of halogens is 3. The molecule has 0 saturated heterocycles. The van der Waals surface area contributed by atoms with Crippen LogP contribution in [0.3, 0.4) is 0 Å². The second kappa shape index (κ2) is 3.98. The van der Waals surface area contributed by atoms with Gasteiger partial charge in [-0.3, -0.25) is 0 Å². The normalized spacial score (nSPS) is 9.77. The summed E-state index contributed by atoms with van der Waals surface area (Å²) in [7, 11) is 0. The zero-order valence-corrected chi connectivity index (χ0v) is 6.78. The molecule has 0 aliphatic carbocycles. The first kappa shape index (κ1) is 9.64. The van der Waals surface area contributed by atoms with E-state index in [0.717, 1.165) is 6.07 Å². The lowest BCUT2D eigenvalue weighted by atomic mass is 10.3. The predicted octanol–water partition coefficient (Wildman–Crippen LogP) is 2.70. The summed E-state index contributed by atoms with van der Waals surface area (Å²) >= 11 is 0. The third-order valence-electron chi connectivity index (χ3n) is 1.43. The van der Waals surface area contributed by atoms with E-state index in [4.69, 9.17) is 0 Å². The molecule has 0 fully saturated rings. The van der Waals surface area contributed by atoms with Crippen molar-refractivity contribution in [3.05, 3.63) is 42.2 Å². The number of nitrogens with one attached hydrogen (secondary N) is 1. The summed E-state index contributed by atoms with van der Waals surface area (Å²) in [5.74, 6) is -3.10. The fourth-order valence-corrected chi connectivity index (χ4v) is 0.867. The lowest BCUT2D eigenvalue weighted by Gasteiger charge is -2.05. The number of hydrogen-bond donors (Lipinski definition) is 1. The Bertz CT molecular complexity index is 323. The van der Waals surface area contributed by atoms with Crippen LogP contribution in [-0.4, -0.2) is 6.54 Å². The monoisotopic (exact) mass is 187 g/mol. The topological polar surface area (TPSA) is 12.0 Å². The lowest BCUT2D eigenvalue weighted by molar-refractivity contribution is 0.497. The highest BCUT2D eigenvalue weighted by atomic mass is 19.2. The van der Waals surface area contributed by atoms with Gasteiger partial charge in [0, 0.05) is 18.7 Å². The first-order valence-corrected chi connectivity index (χ1v) is 3.64. The summed E-state index contributed by atoms with van der Waals surface area (Å²) in [4.78, 5) is 0. The van der Waals surface area contributed by atoms with Crippen molar-refractivity contribution in [2.45, 2.75) is 0 Å². The molecule has 0 aromatic heterocycles. The van der Waals surface area contributed by atoms with Crippen LogP contribution in [0.15, 0.2) is 24.8 Å². The van der Waals surface area contributed by atoms with Gasteiger partial charge in [0.05, 0.1) is 5.69 Å². The molecular formula is C9H8F3N. The van der Waals surface area contributed by atoms with E-state index in [0.29, 0.717) is 6.07 Å². The van der Waals surface area contributed by atoms with Crippen molar-refractivity contribution in [1.82, 2.24) is 0 Å². The third kappa shape index (κ3) is 2.24. The van der Waals surface area contributed by atoms with Gasteiger partial charge in [-0.25, -0.2) is 13.2 Å². The van der Waals surface area contributed by atoms with Gasteiger partial charge in [0.15, 0.2) is 11.6 Å². The highest BCUT2D eigenvalue weighted by Gasteiger charge is 2.09. The average Bonchev–Trinajstić information content (AvgIpc) is 2.09. The molecule has 0 heterocycles. The van der Waals surface area contributed by atoms with Gasteiger partial charge in [-0.05, 0) is 0 Å². The zero-order chi connectivity index (χ0) is 9.84. The maximum Gasteiger partial charge on any atom is 0.182 e. The molecule has 0 bridgehead atoms. The molecule has 0 atom stereocenters. The Labute approximate surface area is 73.9 Å². The molecule has 13 heavy (non-hydrogen) atoms. The lowest BCUT2D eigenvalue weighted by Crippen LogP contribution is -2.02. The van der Waals surface area contributed by atoms with Gasteiger partial charge >= 0.3 is 0 Å². The minimum atomic E-state index is -1.20. The zero-order valence-electron chi connectivity index (χ0n) is 6.78. The molecule has 0 radical (unpaired) electrons. The number of anilines is 1. The minimum absolute atomic E-state index is 0.197. The Morgan fingerprint density at radius 3 is 2.62 bits per heavy atom. The molecule has 0 aliphatic rings. The van der Waals surface area contributed by atoms with Crippen molar-refractivity contribution in [2.75, 3.05) is 11.9 Å². The first-order valence-electron chi connectivity index (χ1n) is 3.64. The van der Waals surface area contributed by atoms with Gasteiger partial charge in [-0.15, -0.1) is 6.58 Å². The SMILES string of the molecule is C=CCNc1cc(F)cc(F)c1F. The smallest absolute Gasteiger partial charge is 0.182 e. The van der Waals surface area contributed by atoms with Crippen molar-refractivity contribution < 1.29 is 13.2 Å². The highest BCUT2D eigenvalue weighted by molar-refractivity contribution is 5.45. The van der Waals surface area contributed by atoms with E-state index in [9.17, 15) is 13.2 Å². The van der Waals surface area contributed by atoms with Crippen molar-refractivity contribution in [2.24, 2.45) is 0 Å². The molecule has 1 nitrogen and oxygen atoms in total. The summed E-state index contributed by atoms with van der Waals surface area (Å²) < 4.78 is 38.0. The van der Waals surface area contributed by atoms with E-state index in [1.165, 1.54) is 6.08 Å². The van der Waals surface area contributed by atoms with Crippen LogP contribution in [0, 0.1) is 17.5 Å². The molecule has 70 valence electrons. The van der Waals surface area contributed by atoms with Crippen LogP contribution in [0.1, 0.15) is 0 Å². The van der Waals surface area contributed by atoms with Gasteiger partial charge in [-0.2, -0.15) is 0 Å². The quantitative estimate of drug-likeness (QED) is 0.566. The molecule has 0 unspecified atom stereocenters. The van der Waals surface area contributed by atoms with E-state index in [1.807, 2.05) is 0 Å². The molecule has 1 N–H and O–H groups in total. The van der Waals surface area contributed by atoms with E-state index in [1.54, 1.807) is 0 Å². The Kier molecular flexibility index (Phi) is 2.95. The summed E-state index contributed by atoms with van der Waals surface area (Å²) in [6.45, 7) is 3.63. The number of benzene rings is 1. The van der Waals surface area contributed by atoms with Crippen molar-refractivity contribution in [1.29, 1.82) is 0 Å². The number of rotatable bonds is 3. The molecule has 0 aliphatic heterocycles. The second-order valence-corrected chi connectivity index (χ2v) is 2.42. The van der Waals surface area contributed by atoms with Crippen molar-refractivity contribution in [3.63, 3.8) is 0 Å². The Morgan fingerprint density at radius 1 is 1.31 bits per heavy atom. The molecule has 1 aromatic carbocycles. The van der Waals surface area contributed by atoms with E-state index >= 15 is 0 Å². The Hall–Kier alpha value is -1.45. The minimum Gasteiger partial charge on any atom is -0.379 e. The summed E-state index contributed by atoms with van der Waals surface area (Å²) in [5, 5.41) is 2.47. The van der Waals surface area contributed by atoms with Gasteiger partial charge in [0.2, 0.25) is 0 Å². The fourth-order valence-electron chi connectivity index (χ4n) is 0.867. The Morgan fingerprint density at radius 2 is 2.00 bits per heavy atom. The van der Waals surface area contributed by atoms with E-state index < -0.39 is 17.5 Å². The van der Waals surface area contributed by atoms with Crippen LogP contribution in [0.2, 0.25) is 0 Å². The predicted molar refractivity (Wildman–Crippen MR) is 45.0 cm³/mol. The third-order valence-corrected chi connectivity index (χ3v) is 1.43. The molecule has 1 rings (SSSR count). The fraction of sp³-hybridized carbons (Fsp3) is 0.111. The summed E-state index contributed by atoms with van der Waals surface area (Å²) in [6, 6.07) is 1.39. The molecular weight excluding hydrogens is 179 g/mol. The standard InChI is InChI=1S/C9H8F3N/c1-2-3-13-8-5-6(10)4-7(11)9(8)12/h2,4-5,13H,1,3H2. The number of hydrogen-bond acceptors (Lipinski definition) is 1. The molecule has 1 aromatic rings. The van der Waals surface area contributed by atoms with Crippen LogP contribution >= 0.6 is 0 Å². The van der Waals surface area contributed by atoms with Crippen LogP contribution in [0.25, 0.3) is 0 Å². The highest BCUT2D eigenvalue weighted by Crippen LogP contribution is 2.18. The van der Waals surface area contributed by atoms with Gasteiger partial charge in [0.1, 0.15) is 5.82 Å². The van der Waals surface area contributed by atoms with Gasteiger partial charge in [0.25, 0.3) is 0 Å². The second-order valence-electron chi connectivity index (χ2n) is 2.42. The van der Waals surface area contributed by atoms with E-state index in [-0.39, 0.29) is 12.2 Å². The summed E-state index contributed by atoms with van der Waals surface area (Å²) in [5.41, 5.74) is -0.197. The van der Waals surface area contributed by atoms with Crippen LogP contribution in [0.5, 0.6) is 0 Å². The first-order chi connectivity index (χ1) is 6.15. The van der Waals surface area contributed by atoms with Crippen molar-refractivity contribution >= 4 is 5.69 Å². The maximum absolute atomic E-state index is 12.9. The van der Waals surface area contributed by atoms with Gasteiger partial charge in [-0.1, -0.05) is 6.08 Å². The Balaban J connectivity index is 2.98. The molecule has 4 heteroatoms. The summed E-state index contributed by atoms with van der Waals surface area (Å²) in [6.07, 6.45) is 1.46. The van der Waals surface area contributed by atoms with Gasteiger partial charge < -0.3 is 5.32 Å².